The molecule has 4 amide bonds. The standard InChI is InChI=1S/C42H68N6O6/c1-13-28(6)38(47(10)42(52)36(26(2)3)45-41(51)37(27(4)5)46(8)9)34(53-11)25-35(49)48-24-16-20-33(48)39(54-12)29(7)40(50)44-23-21-30-17-14-19-32-31(30)18-15-22-43-32/h14-15,17-19,22,26-29,33-34,36-39H,13,16,20-21,23-25H2,1-12H3,(H,44,50)(H,45,51)/t28-,29+,33-,34+,36-,37?,38?,39+/m0/s1. The average molecular weight is 753 g/mol. The summed E-state index contributed by atoms with van der Waals surface area (Å²) in [6.07, 6.45) is 3.68. The largest absolute Gasteiger partial charge is 0.379 e. The number of likely N-dealkylation sites (N-methyl/N-ethyl adjacent to an activating group) is 2. The summed E-state index contributed by atoms with van der Waals surface area (Å²) < 4.78 is 12.0. The van der Waals surface area contributed by atoms with Gasteiger partial charge in [0.1, 0.15) is 6.04 Å². The van der Waals surface area contributed by atoms with Crippen LogP contribution in [0.2, 0.25) is 0 Å². The number of hydrogen-bond donors (Lipinski definition) is 2. The second kappa shape index (κ2) is 20.9. The van der Waals surface area contributed by atoms with Gasteiger partial charge in [0.05, 0.1) is 48.2 Å². The van der Waals surface area contributed by atoms with Crippen molar-refractivity contribution in [3.8, 4) is 0 Å². The Balaban J connectivity index is 1.73. The number of methoxy groups -OCH3 is 2. The van der Waals surface area contributed by atoms with Crippen LogP contribution in [0.3, 0.4) is 0 Å². The Labute approximate surface area is 324 Å². The molecule has 8 atom stereocenters. The Morgan fingerprint density at radius 3 is 2.24 bits per heavy atom. The summed E-state index contributed by atoms with van der Waals surface area (Å²) in [6, 6.07) is 8.14. The first-order valence-electron chi connectivity index (χ1n) is 19.8. The lowest BCUT2D eigenvalue weighted by Crippen LogP contribution is -2.59. The summed E-state index contributed by atoms with van der Waals surface area (Å²) in [6.45, 7) is 14.8. The molecular weight excluding hydrogens is 684 g/mol. The van der Waals surface area contributed by atoms with E-state index in [2.05, 4.69) is 35.5 Å². The van der Waals surface area contributed by atoms with Crippen LogP contribution in [0.5, 0.6) is 0 Å². The van der Waals surface area contributed by atoms with Gasteiger partial charge >= 0.3 is 0 Å². The van der Waals surface area contributed by atoms with Crippen LogP contribution < -0.4 is 10.6 Å². The van der Waals surface area contributed by atoms with Crippen LogP contribution in [0.1, 0.15) is 79.7 Å². The number of nitrogens with zero attached hydrogens (tertiary/aromatic N) is 4. The number of nitrogens with one attached hydrogen (secondary N) is 2. The number of amides is 4. The first-order valence-corrected chi connectivity index (χ1v) is 19.8. The van der Waals surface area contributed by atoms with Gasteiger partial charge in [-0.25, -0.2) is 0 Å². The Kier molecular flexibility index (Phi) is 17.3. The van der Waals surface area contributed by atoms with Crippen LogP contribution in [0, 0.1) is 23.7 Å². The highest BCUT2D eigenvalue weighted by Gasteiger charge is 2.43. The molecule has 3 rings (SSSR count). The molecule has 12 heteroatoms. The predicted molar refractivity (Wildman–Crippen MR) is 214 cm³/mol. The number of ether oxygens (including phenoxy) is 2. The zero-order chi connectivity index (χ0) is 40.3. The van der Waals surface area contributed by atoms with Crippen molar-refractivity contribution in [1.29, 1.82) is 0 Å². The maximum Gasteiger partial charge on any atom is 0.245 e. The fourth-order valence-corrected chi connectivity index (χ4v) is 8.28. The Morgan fingerprint density at radius 2 is 1.65 bits per heavy atom. The molecule has 12 nitrogen and oxygen atoms in total. The van der Waals surface area contributed by atoms with E-state index in [0.717, 1.165) is 35.7 Å². The molecule has 0 spiro atoms. The van der Waals surface area contributed by atoms with Crippen molar-refractivity contribution in [2.75, 3.05) is 48.5 Å². The zero-order valence-electron chi connectivity index (χ0n) is 34.9. The fourth-order valence-electron chi connectivity index (χ4n) is 8.28. The molecule has 1 aliphatic heterocycles. The molecular formula is C42H68N6O6. The minimum Gasteiger partial charge on any atom is -0.379 e. The quantitative estimate of drug-likeness (QED) is 0.202. The number of aromatic nitrogens is 1. The summed E-state index contributed by atoms with van der Waals surface area (Å²) >= 11 is 0. The molecule has 1 aromatic heterocycles. The first-order chi connectivity index (χ1) is 25.6. The average Bonchev–Trinajstić information content (AvgIpc) is 3.62. The fraction of sp³-hybridized carbons (Fsp3) is 0.690. The van der Waals surface area contributed by atoms with Gasteiger partial charge in [-0.05, 0) is 68.8 Å². The van der Waals surface area contributed by atoms with Crippen LogP contribution in [0.15, 0.2) is 36.5 Å². The number of benzene rings is 1. The molecule has 1 fully saturated rings. The third-order valence-electron chi connectivity index (χ3n) is 11.4. The smallest absolute Gasteiger partial charge is 0.245 e. The molecule has 1 aromatic carbocycles. The summed E-state index contributed by atoms with van der Waals surface area (Å²) in [4.78, 5) is 65.2. The van der Waals surface area contributed by atoms with E-state index in [1.807, 2.05) is 82.8 Å². The van der Waals surface area contributed by atoms with E-state index in [0.29, 0.717) is 19.5 Å². The molecule has 2 unspecified atom stereocenters. The van der Waals surface area contributed by atoms with Crippen LogP contribution >= 0.6 is 0 Å². The van der Waals surface area contributed by atoms with E-state index in [1.165, 1.54) is 0 Å². The van der Waals surface area contributed by atoms with Gasteiger partial charge in [-0.15, -0.1) is 0 Å². The summed E-state index contributed by atoms with van der Waals surface area (Å²) in [5, 5.41) is 7.22. The monoisotopic (exact) mass is 753 g/mol. The molecule has 2 N–H and O–H groups in total. The van der Waals surface area contributed by atoms with E-state index in [1.54, 1.807) is 32.4 Å². The summed E-state index contributed by atoms with van der Waals surface area (Å²) in [5.74, 6) is -1.23. The van der Waals surface area contributed by atoms with E-state index >= 15 is 0 Å². The minimum atomic E-state index is -0.745. The van der Waals surface area contributed by atoms with E-state index in [-0.39, 0.29) is 59.9 Å². The van der Waals surface area contributed by atoms with Gasteiger partial charge in [0.2, 0.25) is 23.6 Å². The molecule has 302 valence electrons. The zero-order valence-corrected chi connectivity index (χ0v) is 34.9. The number of likely N-dealkylation sites (tertiary alicyclic amines) is 1. The number of hydrogen-bond acceptors (Lipinski definition) is 8. The van der Waals surface area contributed by atoms with Crippen molar-refractivity contribution < 1.29 is 28.7 Å². The van der Waals surface area contributed by atoms with E-state index in [9.17, 15) is 19.2 Å². The van der Waals surface area contributed by atoms with E-state index in [4.69, 9.17) is 9.47 Å². The number of fused-ring (bicyclic) bond motifs is 1. The van der Waals surface area contributed by atoms with Crippen molar-refractivity contribution in [2.24, 2.45) is 23.7 Å². The topological polar surface area (TPSA) is 133 Å². The second-order valence-corrected chi connectivity index (χ2v) is 16.0. The maximum atomic E-state index is 14.2. The van der Waals surface area contributed by atoms with Crippen molar-refractivity contribution in [3.63, 3.8) is 0 Å². The van der Waals surface area contributed by atoms with Gasteiger partial charge in [0, 0.05) is 45.9 Å². The van der Waals surface area contributed by atoms with Crippen LogP contribution in [-0.2, 0) is 35.1 Å². The van der Waals surface area contributed by atoms with Crippen LogP contribution in [0.4, 0.5) is 0 Å². The highest BCUT2D eigenvalue weighted by Crippen LogP contribution is 2.30. The molecule has 2 heterocycles. The number of carbonyl (C=O) groups is 4. The van der Waals surface area contributed by atoms with Gasteiger partial charge in [0.25, 0.3) is 0 Å². The SMILES string of the molecule is CC[C@H](C)C([C@@H](CC(=O)N1CCC[C@H]1[C@H](OC)[C@@H](C)C(=O)NCCc1cccc2ncccc12)OC)N(C)C(=O)[C@@H](NC(=O)C(C(C)C)N(C)C)C(C)C. The third-order valence-corrected chi connectivity index (χ3v) is 11.4. The van der Waals surface area contributed by atoms with Crippen molar-refractivity contribution >= 4 is 34.5 Å². The van der Waals surface area contributed by atoms with Crippen LogP contribution in [-0.4, -0.2) is 128 Å². The Morgan fingerprint density at radius 1 is 0.944 bits per heavy atom. The molecule has 0 aliphatic carbocycles. The van der Waals surface area contributed by atoms with Gasteiger partial charge < -0.3 is 29.9 Å². The van der Waals surface area contributed by atoms with Crippen molar-refractivity contribution in [3.05, 3.63) is 42.1 Å². The lowest BCUT2D eigenvalue weighted by molar-refractivity contribution is -0.148. The van der Waals surface area contributed by atoms with Gasteiger partial charge in [-0.2, -0.15) is 0 Å². The predicted octanol–water partition coefficient (Wildman–Crippen LogP) is 4.54. The number of carbonyl (C=O) groups excluding carboxylic acids is 4. The molecule has 0 saturated carbocycles. The molecule has 54 heavy (non-hydrogen) atoms. The van der Waals surface area contributed by atoms with Gasteiger partial charge in [-0.3, -0.25) is 29.1 Å². The molecule has 1 saturated heterocycles. The van der Waals surface area contributed by atoms with Crippen molar-refractivity contribution in [1.82, 2.24) is 30.3 Å². The van der Waals surface area contributed by atoms with E-state index < -0.39 is 30.2 Å². The molecule has 2 aromatic rings. The third kappa shape index (κ3) is 11.0. The first kappa shape index (κ1) is 44.8. The number of pyridine rings is 1. The Bertz CT molecular complexity index is 1520. The molecule has 1 aliphatic rings. The second-order valence-electron chi connectivity index (χ2n) is 16.0. The molecule has 0 bridgehead atoms. The lowest BCUT2D eigenvalue weighted by Gasteiger charge is -2.41. The molecule has 0 radical (unpaired) electrons. The normalized spacial score (nSPS) is 18.6. The highest BCUT2D eigenvalue weighted by atomic mass is 16.5. The summed E-state index contributed by atoms with van der Waals surface area (Å²) in [5.41, 5.74) is 2.04. The van der Waals surface area contributed by atoms with Crippen LogP contribution in [0.25, 0.3) is 10.9 Å². The van der Waals surface area contributed by atoms with Gasteiger partial charge in [-0.1, -0.05) is 73.1 Å². The van der Waals surface area contributed by atoms with Gasteiger partial charge in [0.15, 0.2) is 0 Å². The summed E-state index contributed by atoms with van der Waals surface area (Å²) in [7, 11) is 8.66. The minimum absolute atomic E-state index is 0.000330. The number of rotatable bonds is 20. The van der Waals surface area contributed by atoms with Crippen molar-refractivity contribution in [2.45, 2.75) is 117 Å². The highest BCUT2D eigenvalue weighted by molar-refractivity contribution is 5.90. The lowest BCUT2D eigenvalue weighted by atomic mass is 9.89. The Hall–Kier alpha value is -3.61. The maximum absolute atomic E-state index is 14.2.